The highest BCUT2D eigenvalue weighted by Gasteiger charge is 2.33. The summed E-state index contributed by atoms with van der Waals surface area (Å²) >= 11 is 5.94. The molecular weight excluding hydrogens is 380 g/mol. The van der Waals surface area contributed by atoms with E-state index in [0.29, 0.717) is 17.3 Å². The van der Waals surface area contributed by atoms with E-state index in [1.807, 2.05) is 0 Å². The van der Waals surface area contributed by atoms with Gasteiger partial charge in [0, 0.05) is 18.5 Å². The first-order chi connectivity index (χ1) is 12.3. The number of ether oxygens (including phenoxy) is 1. The van der Waals surface area contributed by atoms with E-state index >= 15 is 0 Å². The molecule has 1 fully saturated rings. The number of hydrogen-bond acceptors (Lipinski definition) is 6. The third-order valence-electron chi connectivity index (χ3n) is 4.38. The maximum Gasteiger partial charge on any atom is 0.339 e. The molecule has 1 saturated heterocycles. The van der Waals surface area contributed by atoms with Gasteiger partial charge in [-0.15, -0.1) is 0 Å². The van der Waals surface area contributed by atoms with E-state index in [0.717, 1.165) is 0 Å². The van der Waals surface area contributed by atoms with Gasteiger partial charge in [-0.2, -0.15) is 0 Å². The van der Waals surface area contributed by atoms with Gasteiger partial charge < -0.3 is 9.64 Å². The molecule has 2 aromatic rings. The topological polar surface area (TPSA) is 93.6 Å². The highest BCUT2D eigenvalue weighted by atomic mass is 35.5. The fraction of sp³-hybridized carbons (Fsp3) is 0.353. The molecule has 1 atom stereocenters. The predicted molar refractivity (Wildman–Crippen MR) is 96.9 cm³/mol. The lowest BCUT2D eigenvalue weighted by Crippen LogP contribution is -2.40. The van der Waals surface area contributed by atoms with Gasteiger partial charge >= 0.3 is 5.97 Å². The van der Waals surface area contributed by atoms with Crippen molar-refractivity contribution >= 4 is 44.2 Å². The van der Waals surface area contributed by atoms with Gasteiger partial charge in [0.05, 0.1) is 22.6 Å². The molecule has 3 rings (SSSR count). The summed E-state index contributed by atoms with van der Waals surface area (Å²) < 4.78 is 28.2. The van der Waals surface area contributed by atoms with E-state index in [2.05, 4.69) is 4.98 Å². The first-order valence-electron chi connectivity index (χ1n) is 7.95. The van der Waals surface area contributed by atoms with Gasteiger partial charge in [0.15, 0.2) is 16.4 Å². The molecular formula is C17H17ClN2O5S. The SMILES string of the molecule is CN(C(=O)COC(=O)c1cc(Cl)nc2ccccc12)[C@H]1CCS(=O)(=O)C1. The number of esters is 1. The van der Waals surface area contributed by atoms with Crippen molar-refractivity contribution in [1.29, 1.82) is 0 Å². The highest BCUT2D eigenvalue weighted by molar-refractivity contribution is 7.91. The van der Waals surface area contributed by atoms with E-state index in [4.69, 9.17) is 16.3 Å². The molecule has 0 spiro atoms. The van der Waals surface area contributed by atoms with Crippen molar-refractivity contribution in [3.63, 3.8) is 0 Å². The van der Waals surface area contributed by atoms with Crippen LogP contribution in [0, 0.1) is 0 Å². The van der Waals surface area contributed by atoms with Crippen LogP contribution in [0.15, 0.2) is 30.3 Å². The average molecular weight is 397 g/mol. The summed E-state index contributed by atoms with van der Waals surface area (Å²) in [5.41, 5.74) is 0.769. The Bertz CT molecular complexity index is 976. The van der Waals surface area contributed by atoms with Crippen molar-refractivity contribution in [2.45, 2.75) is 12.5 Å². The van der Waals surface area contributed by atoms with Crippen LogP contribution in [-0.4, -0.2) is 61.4 Å². The molecule has 0 N–H and O–H groups in total. The third kappa shape index (κ3) is 3.96. The van der Waals surface area contributed by atoms with Crippen molar-refractivity contribution in [2.75, 3.05) is 25.2 Å². The minimum atomic E-state index is -3.10. The van der Waals surface area contributed by atoms with Crippen molar-refractivity contribution in [3.05, 3.63) is 41.0 Å². The summed E-state index contributed by atoms with van der Waals surface area (Å²) in [4.78, 5) is 30.1. The van der Waals surface area contributed by atoms with E-state index in [-0.39, 0.29) is 28.3 Å². The minimum Gasteiger partial charge on any atom is -0.452 e. The number of carbonyl (C=O) groups is 2. The fourth-order valence-electron chi connectivity index (χ4n) is 2.90. The first-order valence-corrected chi connectivity index (χ1v) is 10.2. The summed E-state index contributed by atoms with van der Waals surface area (Å²) in [6.45, 7) is -0.472. The Kier molecular flexibility index (Phi) is 5.15. The van der Waals surface area contributed by atoms with Crippen molar-refractivity contribution < 1.29 is 22.7 Å². The van der Waals surface area contributed by atoms with Crippen LogP contribution in [0.4, 0.5) is 0 Å². The van der Waals surface area contributed by atoms with Crippen LogP contribution in [0.3, 0.4) is 0 Å². The van der Waals surface area contributed by atoms with Crippen LogP contribution in [0.5, 0.6) is 0 Å². The van der Waals surface area contributed by atoms with E-state index in [9.17, 15) is 18.0 Å². The molecule has 1 aliphatic heterocycles. The second-order valence-corrected chi connectivity index (χ2v) is 8.76. The number of halogens is 1. The molecule has 0 unspecified atom stereocenters. The van der Waals surface area contributed by atoms with Gasteiger partial charge in [-0.1, -0.05) is 29.8 Å². The lowest BCUT2D eigenvalue weighted by atomic mass is 10.1. The zero-order valence-corrected chi connectivity index (χ0v) is 15.6. The molecule has 9 heteroatoms. The Hall–Kier alpha value is -2.19. The van der Waals surface area contributed by atoms with E-state index < -0.39 is 28.3 Å². The zero-order chi connectivity index (χ0) is 18.9. The van der Waals surface area contributed by atoms with Gasteiger partial charge in [-0.3, -0.25) is 4.79 Å². The first kappa shape index (κ1) is 18.6. The molecule has 7 nitrogen and oxygen atoms in total. The summed E-state index contributed by atoms with van der Waals surface area (Å²) in [6, 6.07) is 7.97. The van der Waals surface area contributed by atoms with Crippen LogP contribution in [0.2, 0.25) is 5.15 Å². The number of fused-ring (bicyclic) bond motifs is 1. The molecule has 0 bridgehead atoms. The molecule has 1 aromatic heterocycles. The fourth-order valence-corrected chi connectivity index (χ4v) is 4.88. The Labute approximate surface area is 155 Å². The number of para-hydroxylation sites is 1. The molecule has 1 amide bonds. The standard InChI is InChI=1S/C17H17ClN2O5S/c1-20(11-6-7-26(23,24)10-11)16(21)9-25-17(22)13-8-15(18)19-14-5-3-2-4-12(13)14/h2-5,8,11H,6-7,9-10H2,1H3/t11-/m0/s1. The number of carbonyl (C=O) groups excluding carboxylic acids is 2. The lowest BCUT2D eigenvalue weighted by Gasteiger charge is -2.23. The predicted octanol–water partition coefficient (Wildman–Crippen LogP) is 1.69. The summed E-state index contributed by atoms with van der Waals surface area (Å²) in [5, 5.41) is 0.722. The lowest BCUT2D eigenvalue weighted by molar-refractivity contribution is -0.134. The number of likely N-dealkylation sites (N-methyl/N-ethyl adjacent to an activating group) is 1. The average Bonchev–Trinajstić information content (AvgIpc) is 2.97. The number of amides is 1. The molecule has 0 aliphatic carbocycles. The Balaban J connectivity index is 1.68. The highest BCUT2D eigenvalue weighted by Crippen LogP contribution is 2.22. The maximum absolute atomic E-state index is 12.4. The molecule has 1 aliphatic rings. The molecule has 138 valence electrons. The van der Waals surface area contributed by atoms with Gasteiger partial charge in [0.25, 0.3) is 5.91 Å². The van der Waals surface area contributed by atoms with Crippen LogP contribution >= 0.6 is 11.6 Å². The number of pyridine rings is 1. The zero-order valence-electron chi connectivity index (χ0n) is 14.0. The number of nitrogens with zero attached hydrogens (tertiary/aromatic N) is 2. The van der Waals surface area contributed by atoms with Gasteiger partial charge in [0.1, 0.15) is 5.15 Å². The molecule has 0 radical (unpaired) electrons. The Morgan fingerprint density at radius 3 is 2.77 bits per heavy atom. The van der Waals surface area contributed by atoms with Crippen LogP contribution in [0.1, 0.15) is 16.8 Å². The quantitative estimate of drug-likeness (QED) is 0.576. The normalized spacial score (nSPS) is 18.6. The van der Waals surface area contributed by atoms with Gasteiger partial charge in [-0.05, 0) is 18.6 Å². The molecule has 26 heavy (non-hydrogen) atoms. The molecule has 0 saturated carbocycles. The van der Waals surface area contributed by atoms with Crippen molar-refractivity contribution in [3.8, 4) is 0 Å². The van der Waals surface area contributed by atoms with E-state index in [1.165, 1.54) is 18.0 Å². The van der Waals surface area contributed by atoms with Crippen molar-refractivity contribution in [2.24, 2.45) is 0 Å². The smallest absolute Gasteiger partial charge is 0.339 e. The number of benzene rings is 1. The monoisotopic (exact) mass is 396 g/mol. The molecule has 2 heterocycles. The largest absolute Gasteiger partial charge is 0.452 e. The molecule has 1 aromatic carbocycles. The number of aromatic nitrogens is 1. The summed E-state index contributed by atoms with van der Waals surface area (Å²) in [6.07, 6.45) is 0.392. The van der Waals surface area contributed by atoms with Crippen LogP contribution in [-0.2, 0) is 19.4 Å². The third-order valence-corrected chi connectivity index (χ3v) is 6.33. The summed E-state index contributed by atoms with van der Waals surface area (Å²) in [7, 11) is -1.59. The van der Waals surface area contributed by atoms with E-state index in [1.54, 1.807) is 24.3 Å². The number of sulfone groups is 1. The van der Waals surface area contributed by atoms with Crippen LogP contribution < -0.4 is 0 Å². The second kappa shape index (κ2) is 7.20. The Morgan fingerprint density at radius 2 is 2.08 bits per heavy atom. The minimum absolute atomic E-state index is 0.0617. The van der Waals surface area contributed by atoms with Crippen molar-refractivity contribution in [1.82, 2.24) is 9.88 Å². The second-order valence-electron chi connectivity index (χ2n) is 6.15. The number of rotatable bonds is 4. The Morgan fingerprint density at radius 1 is 1.35 bits per heavy atom. The van der Waals surface area contributed by atoms with Crippen LogP contribution in [0.25, 0.3) is 10.9 Å². The number of hydrogen-bond donors (Lipinski definition) is 0. The van der Waals surface area contributed by atoms with Gasteiger partial charge in [-0.25, -0.2) is 18.2 Å². The van der Waals surface area contributed by atoms with Gasteiger partial charge in [0.2, 0.25) is 0 Å². The summed E-state index contributed by atoms with van der Waals surface area (Å²) in [5.74, 6) is -1.14. The maximum atomic E-state index is 12.4.